The average molecular weight is 218 g/mol. The lowest BCUT2D eigenvalue weighted by Gasteiger charge is -1.94. The summed E-state index contributed by atoms with van der Waals surface area (Å²) in [7, 11) is 0. The van der Waals surface area contributed by atoms with Crippen molar-refractivity contribution in [1.29, 1.82) is 0 Å². The molecule has 1 heterocycles. The fourth-order valence-electron chi connectivity index (χ4n) is 0.535. The van der Waals surface area contributed by atoms with Crippen LogP contribution in [0.1, 0.15) is 0 Å². The zero-order valence-electron chi connectivity index (χ0n) is 5.32. The van der Waals surface area contributed by atoms with Crippen LogP contribution in [0.2, 0.25) is 0 Å². The van der Waals surface area contributed by atoms with Crippen LogP contribution in [-0.4, -0.2) is 10.0 Å². The fourth-order valence-corrected chi connectivity index (χ4v) is 0.770. The first-order valence-electron chi connectivity index (χ1n) is 2.71. The molecule has 0 aliphatic heterocycles. The third kappa shape index (κ3) is 2.50. The van der Waals surface area contributed by atoms with Gasteiger partial charge in [0.15, 0.2) is 10.9 Å². The third-order valence-corrected chi connectivity index (χ3v) is 1.40. The summed E-state index contributed by atoms with van der Waals surface area (Å²) in [6.07, 6.45) is 1.48. The normalized spacial score (nSPS) is 9.18. The molecule has 0 spiro atoms. The second-order valence-corrected chi connectivity index (χ2v) is 2.65. The van der Waals surface area contributed by atoms with Crippen molar-refractivity contribution in [2.24, 2.45) is 0 Å². The monoisotopic (exact) mass is 217 g/mol. The van der Waals surface area contributed by atoms with Crippen molar-refractivity contribution in [3.05, 3.63) is 32.9 Å². The Morgan fingerprint density at radius 3 is 2.82 bits per heavy atom. The number of nitro groups is 1. The minimum absolute atomic E-state index is 0.221. The van der Waals surface area contributed by atoms with Gasteiger partial charge in [-0.05, 0) is 28.1 Å². The van der Waals surface area contributed by atoms with E-state index in [1.165, 1.54) is 12.3 Å². The predicted octanol–water partition coefficient (Wildman–Crippen LogP) is 1.45. The van der Waals surface area contributed by atoms with E-state index < -0.39 is 5.03 Å². The van der Waals surface area contributed by atoms with Gasteiger partial charge in [-0.1, -0.05) is 5.43 Å². The standard InChI is InChI=1S/C5H4BrN3O2/c6-4-1-2-5(7-3-4)8-9(10)11/h1-3H,(H,7,8). The molecule has 0 unspecified atom stereocenters. The van der Waals surface area contributed by atoms with E-state index in [0.29, 0.717) is 0 Å². The molecule has 1 rings (SSSR count). The van der Waals surface area contributed by atoms with Crippen molar-refractivity contribution in [3.8, 4) is 0 Å². The molecule has 58 valence electrons. The van der Waals surface area contributed by atoms with Gasteiger partial charge in [-0.2, -0.15) is 0 Å². The Bertz CT molecular complexity index is 261. The highest BCUT2D eigenvalue weighted by Crippen LogP contribution is 2.09. The van der Waals surface area contributed by atoms with E-state index in [0.717, 1.165) is 4.47 Å². The first kappa shape index (κ1) is 7.93. The molecule has 0 radical (unpaired) electrons. The smallest absolute Gasteiger partial charge is 0.190 e. The molecule has 1 aromatic rings. The van der Waals surface area contributed by atoms with Crippen molar-refractivity contribution >= 4 is 21.7 Å². The van der Waals surface area contributed by atoms with Crippen LogP contribution in [0, 0.1) is 10.1 Å². The zero-order chi connectivity index (χ0) is 8.27. The lowest BCUT2D eigenvalue weighted by Crippen LogP contribution is -2.08. The number of nitrogens with zero attached hydrogens (tertiary/aromatic N) is 2. The molecule has 11 heavy (non-hydrogen) atoms. The summed E-state index contributed by atoms with van der Waals surface area (Å²) in [6.45, 7) is 0. The van der Waals surface area contributed by atoms with E-state index in [-0.39, 0.29) is 5.82 Å². The number of aromatic nitrogens is 1. The van der Waals surface area contributed by atoms with E-state index in [1.807, 2.05) is 5.43 Å². The summed E-state index contributed by atoms with van der Waals surface area (Å²) in [5, 5.41) is 9.24. The van der Waals surface area contributed by atoms with Gasteiger partial charge >= 0.3 is 0 Å². The van der Waals surface area contributed by atoms with Crippen LogP contribution in [0.25, 0.3) is 0 Å². The number of hydrazine groups is 1. The van der Waals surface area contributed by atoms with Crippen LogP contribution in [0.3, 0.4) is 0 Å². The number of nitrogens with one attached hydrogen (secondary N) is 1. The lowest BCUT2D eigenvalue weighted by atomic mass is 10.5. The largest absolute Gasteiger partial charge is 0.234 e. The van der Waals surface area contributed by atoms with Crippen LogP contribution >= 0.6 is 15.9 Å². The number of hydrogen-bond acceptors (Lipinski definition) is 3. The fraction of sp³-hybridized carbons (Fsp3) is 0. The summed E-state index contributed by atoms with van der Waals surface area (Å²) < 4.78 is 0.784. The molecule has 5 nitrogen and oxygen atoms in total. The van der Waals surface area contributed by atoms with Crippen LogP contribution in [0.15, 0.2) is 22.8 Å². The third-order valence-electron chi connectivity index (χ3n) is 0.933. The van der Waals surface area contributed by atoms with Crippen molar-refractivity contribution < 1.29 is 5.03 Å². The molecule has 0 atom stereocenters. The Kier molecular flexibility index (Phi) is 2.37. The number of rotatable bonds is 2. The maximum atomic E-state index is 9.90. The Morgan fingerprint density at radius 2 is 2.36 bits per heavy atom. The molecule has 0 aliphatic rings. The summed E-state index contributed by atoms with van der Waals surface area (Å²) in [5.74, 6) is 0.221. The highest BCUT2D eigenvalue weighted by Gasteiger charge is 1.97. The molecular weight excluding hydrogens is 214 g/mol. The molecule has 0 saturated carbocycles. The molecule has 1 aromatic heterocycles. The van der Waals surface area contributed by atoms with Gasteiger partial charge in [-0.25, -0.2) is 15.1 Å². The van der Waals surface area contributed by atoms with E-state index in [9.17, 15) is 10.1 Å². The van der Waals surface area contributed by atoms with Gasteiger partial charge in [0.05, 0.1) is 0 Å². The molecule has 1 N–H and O–H groups in total. The van der Waals surface area contributed by atoms with E-state index in [1.54, 1.807) is 6.07 Å². The SMILES string of the molecule is O=[N+]([O-])Nc1ccc(Br)cn1. The Balaban J connectivity index is 2.74. The van der Waals surface area contributed by atoms with Crippen LogP contribution in [0.5, 0.6) is 0 Å². The highest BCUT2D eigenvalue weighted by atomic mass is 79.9. The van der Waals surface area contributed by atoms with Gasteiger partial charge in [0.25, 0.3) is 0 Å². The minimum atomic E-state index is -0.657. The van der Waals surface area contributed by atoms with Crippen LogP contribution in [-0.2, 0) is 0 Å². The van der Waals surface area contributed by atoms with Gasteiger partial charge in [-0.15, -0.1) is 0 Å². The van der Waals surface area contributed by atoms with Crippen LogP contribution < -0.4 is 5.43 Å². The van der Waals surface area contributed by atoms with Gasteiger partial charge in [0, 0.05) is 10.7 Å². The number of anilines is 1. The van der Waals surface area contributed by atoms with Crippen molar-refractivity contribution in [3.63, 3.8) is 0 Å². The highest BCUT2D eigenvalue weighted by molar-refractivity contribution is 9.10. The summed E-state index contributed by atoms with van der Waals surface area (Å²) >= 11 is 3.15. The van der Waals surface area contributed by atoms with E-state index in [2.05, 4.69) is 20.9 Å². The molecule has 0 saturated heterocycles. The molecule has 0 fully saturated rings. The molecule has 0 aliphatic carbocycles. The number of pyridine rings is 1. The van der Waals surface area contributed by atoms with Gasteiger partial charge in [0.2, 0.25) is 0 Å². The predicted molar refractivity (Wildman–Crippen MR) is 42.6 cm³/mol. The zero-order valence-corrected chi connectivity index (χ0v) is 6.91. The quantitative estimate of drug-likeness (QED) is 0.602. The van der Waals surface area contributed by atoms with E-state index in [4.69, 9.17) is 0 Å². The first-order valence-corrected chi connectivity index (χ1v) is 3.50. The lowest BCUT2D eigenvalue weighted by molar-refractivity contribution is -0.445. The van der Waals surface area contributed by atoms with Crippen LogP contribution in [0.4, 0.5) is 5.82 Å². The average Bonchev–Trinajstić information content (AvgIpc) is 1.93. The number of halogens is 1. The molecule has 0 amide bonds. The Morgan fingerprint density at radius 1 is 1.64 bits per heavy atom. The first-order chi connectivity index (χ1) is 5.18. The maximum Gasteiger partial charge on any atom is 0.190 e. The summed E-state index contributed by atoms with van der Waals surface area (Å²) in [4.78, 5) is 13.6. The second-order valence-electron chi connectivity index (χ2n) is 1.73. The number of hydrogen-bond donors (Lipinski definition) is 1. The van der Waals surface area contributed by atoms with Crippen molar-refractivity contribution in [1.82, 2.24) is 4.98 Å². The van der Waals surface area contributed by atoms with E-state index >= 15 is 0 Å². The molecular formula is C5H4BrN3O2. The Labute approximate surface area is 70.7 Å². The molecule has 6 heteroatoms. The molecule has 0 aromatic carbocycles. The topological polar surface area (TPSA) is 68.1 Å². The summed E-state index contributed by atoms with van der Waals surface area (Å²) in [6, 6.07) is 3.17. The minimum Gasteiger partial charge on any atom is -0.234 e. The maximum absolute atomic E-state index is 9.90. The van der Waals surface area contributed by atoms with Gasteiger partial charge in [-0.3, -0.25) is 0 Å². The Hall–Kier alpha value is -1.17. The summed E-state index contributed by atoms with van der Waals surface area (Å²) in [5.41, 5.74) is 1.92. The molecule has 0 bridgehead atoms. The van der Waals surface area contributed by atoms with Crippen molar-refractivity contribution in [2.45, 2.75) is 0 Å². The van der Waals surface area contributed by atoms with Gasteiger partial charge in [0.1, 0.15) is 0 Å². The van der Waals surface area contributed by atoms with Crippen molar-refractivity contribution in [2.75, 3.05) is 5.43 Å². The second kappa shape index (κ2) is 3.29. The van der Waals surface area contributed by atoms with Gasteiger partial charge < -0.3 is 0 Å².